The molecule has 28 heavy (non-hydrogen) atoms. The molecule has 7 nitrogen and oxygen atoms in total. The molecular weight excluding hydrogens is 356 g/mol. The van der Waals surface area contributed by atoms with E-state index in [2.05, 4.69) is 11.1 Å². The van der Waals surface area contributed by atoms with Crippen LogP contribution in [0.15, 0.2) is 36.5 Å². The van der Waals surface area contributed by atoms with Crippen molar-refractivity contribution < 1.29 is 14.3 Å². The predicted octanol–water partition coefficient (Wildman–Crippen LogP) is 3.01. The van der Waals surface area contributed by atoms with Crippen molar-refractivity contribution >= 4 is 16.9 Å². The number of benzene rings is 1. The average Bonchev–Trinajstić information content (AvgIpc) is 3.09. The molecule has 0 unspecified atom stereocenters. The Morgan fingerprint density at radius 3 is 2.64 bits per heavy atom. The van der Waals surface area contributed by atoms with E-state index in [0.717, 1.165) is 29.6 Å². The Morgan fingerprint density at radius 2 is 1.93 bits per heavy atom. The average molecular weight is 380 g/mol. The van der Waals surface area contributed by atoms with Gasteiger partial charge in [-0.1, -0.05) is 0 Å². The van der Waals surface area contributed by atoms with Crippen LogP contribution in [0.4, 0.5) is 0 Å². The number of aromatic nitrogens is 3. The number of likely N-dealkylation sites (tertiary alicyclic amines) is 1. The Hall–Kier alpha value is -3.09. The van der Waals surface area contributed by atoms with Crippen molar-refractivity contribution in [3.05, 3.63) is 47.8 Å². The lowest BCUT2D eigenvalue weighted by Gasteiger charge is -2.31. The SMILES string of the molecule is COc1ccc(C(=O)N2CCC(c3nn(C)c4ncccc34)CC2)c(OC)c1. The molecule has 1 fully saturated rings. The maximum absolute atomic E-state index is 13.0. The molecule has 0 saturated carbocycles. The van der Waals surface area contributed by atoms with Crippen LogP contribution in [0.5, 0.6) is 11.5 Å². The first-order valence-corrected chi connectivity index (χ1v) is 9.41. The van der Waals surface area contributed by atoms with Gasteiger partial charge in [0.1, 0.15) is 11.5 Å². The van der Waals surface area contributed by atoms with Crippen molar-refractivity contribution in [3.8, 4) is 11.5 Å². The Morgan fingerprint density at radius 1 is 1.14 bits per heavy atom. The fourth-order valence-electron chi connectivity index (χ4n) is 3.92. The fourth-order valence-corrected chi connectivity index (χ4v) is 3.92. The number of carbonyl (C=O) groups is 1. The number of amides is 1. The van der Waals surface area contributed by atoms with Gasteiger partial charge in [0.25, 0.3) is 5.91 Å². The monoisotopic (exact) mass is 380 g/mol. The molecule has 1 amide bonds. The summed E-state index contributed by atoms with van der Waals surface area (Å²) in [6, 6.07) is 9.32. The van der Waals surface area contributed by atoms with Gasteiger partial charge in [-0.25, -0.2) is 4.98 Å². The summed E-state index contributed by atoms with van der Waals surface area (Å²) in [5, 5.41) is 5.81. The number of carbonyl (C=O) groups excluding carboxylic acids is 1. The zero-order valence-corrected chi connectivity index (χ0v) is 16.4. The van der Waals surface area contributed by atoms with E-state index >= 15 is 0 Å². The topological polar surface area (TPSA) is 69.5 Å². The molecule has 0 radical (unpaired) electrons. The standard InChI is InChI=1S/C21H24N4O3/c1-24-20-17(5-4-10-22-20)19(23-24)14-8-11-25(12-9-14)21(26)16-7-6-15(27-2)13-18(16)28-3/h4-7,10,13-14H,8-9,11-12H2,1-3H3. The normalized spacial score (nSPS) is 15.0. The third-order valence-corrected chi connectivity index (χ3v) is 5.43. The van der Waals surface area contributed by atoms with Crippen molar-refractivity contribution in [3.63, 3.8) is 0 Å². The Labute approximate surface area is 163 Å². The Balaban J connectivity index is 1.50. The van der Waals surface area contributed by atoms with E-state index < -0.39 is 0 Å². The first kappa shape index (κ1) is 18.3. The number of ether oxygens (including phenoxy) is 2. The van der Waals surface area contributed by atoms with Crippen molar-refractivity contribution in [2.24, 2.45) is 7.05 Å². The van der Waals surface area contributed by atoms with Crippen molar-refractivity contribution in [1.82, 2.24) is 19.7 Å². The van der Waals surface area contributed by atoms with E-state index in [1.165, 1.54) is 0 Å². The second kappa shape index (κ2) is 7.50. The molecule has 0 bridgehead atoms. The number of aryl methyl sites for hydroxylation is 1. The summed E-state index contributed by atoms with van der Waals surface area (Å²) in [5.41, 5.74) is 2.55. The quantitative estimate of drug-likeness (QED) is 0.696. The van der Waals surface area contributed by atoms with Crippen LogP contribution in [0.1, 0.15) is 34.8 Å². The highest BCUT2D eigenvalue weighted by Crippen LogP contribution is 2.33. The molecule has 1 aliphatic rings. The van der Waals surface area contributed by atoms with Gasteiger partial charge in [-0.05, 0) is 37.1 Å². The van der Waals surface area contributed by atoms with Gasteiger partial charge in [0, 0.05) is 43.7 Å². The molecule has 1 aromatic carbocycles. The van der Waals surface area contributed by atoms with Crippen molar-refractivity contribution in [2.75, 3.05) is 27.3 Å². The van der Waals surface area contributed by atoms with Crippen LogP contribution in [0, 0.1) is 0 Å². The summed E-state index contributed by atoms with van der Waals surface area (Å²) < 4.78 is 12.4. The predicted molar refractivity (Wildman–Crippen MR) is 106 cm³/mol. The summed E-state index contributed by atoms with van der Waals surface area (Å²) in [4.78, 5) is 19.3. The van der Waals surface area contributed by atoms with Crippen LogP contribution in [0.3, 0.4) is 0 Å². The van der Waals surface area contributed by atoms with Crippen LogP contribution in [-0.2, 0) is 7.05 Å². The van der Waals surface area contributed by atoms with Crippen LogP contribution in [-0.4, -0.2) is 52.9 Å². The minimum Gasteiger partial charge on any atom is -0.497 e. The summed E-state index contributed by atoms with van der Waals surface area (Å²) >= 11 is 0. The smallest absolute Gasteiger partial charge is 0.257 e. The minimum atomic E-state index is -0.00880. The molecule has 1 saturated heterocycles. The Kier molecular flexibility index (Phi) is 4.90. The van der Waals surface area contributed by atoms with Gasteiger partial charge in [-0.15, -0.1) is 0 Å². The van der Waals surface area contributed by atoms with Crippen LogP contribution in [0.2, 0.25) is 0 Å². The zero-order chi connectivity index (χ0) is 19.7. The molecule has 2 aromatic heterocycles. The first-order valence-electron chi connectivity index (χ1n) is 9.41. The second-order valence-corrected chi connectivity index (χ2v) is 7.02. The van der Waals surface area contributed by atoms with Crippen LogP contribution >= 0.6 is 0 Å². The number of nitrogens with zero attached hydrogens (tertiary/aromatic N) is 4. The molecule has 4 rings (SSSR count). The minimum absolute atomic E-state index is 0.00880. The third-order valence-electron chi connectivity index (χ3n) is 5.43. The van der Waals surface area contributed by atoms with E-state index in [9.17, 15) is 4.79 Å². The number of fused-ring (bicyclic) bond motifs is 1. The maximum atomic E-state index is 13.0. The highest BCUT2D eigenvalue weighted by molar-refractivity contribution is 5.97. The molecule has 0 spiro atoms. The van der Waals surface area contributed by atoms with Gasteiger partial charge < -0.3 is 14.4 Å². The molecule has 0 N–H and O–H groups in total. The van der Waals surface area contributed by atoms with Crippen LogP contribution in [0.25, 0.3) is 11.0 Å². The number of hydrogen-bond donors (Lipinski definition) is 0. The lowest BCUT2D eigenvalue weighted by atomic mass is 9.91. The largest absolute Gasteiger partial charge is 0.497 e. The van der Waals surface area contributed by atoms with Gasteiger partial charge in [-0.3, -0.25) is 9.48 Å². The summed E-state index contributed by atoms with van der Waals surface area (Å²) in [6.07, 6.45) is 3.55. The zero-order valence-electron chi connectivity index (χ0n) is 16.4. The Bertz CT molecular complexity index is 1010. The van der Waals surface area contributed by atoms with E-state index in [-0.39, 0.29) is 5.91 Å². The number of pyridine rings is 1. The lowest BCUT2D eigenvalue weighted by molar-refractivity contribution is 0.0709. The van der Waals surface area contributed by atoms with Crippen molar-refractivity contribution in [2.45, 2.75) is 18.8 Å². The molecule has 3 aromatic rings. The number of piperidine rings is 1. The fraction of sp³-hybridized carbons (Fsp3) is 0.381. The number of methoxy groups -OCH3 is 2. The number of hydrogen-bond acceptors (Lipinski definition) is 5. The molecule has 1 aliphatic heterocycles. The number of rotatable bonds is 4. The van der Waals surface area contributed by atoms with Gasteiger partial charge in [0.15, 0.2) is 5.65 Å². The highest BCUT2D eigenvalue weighted by atomic mass is 16.5. The first-order chi connectivity index (χ1) is 13.6. The maximum Gasteiger partial charge on any atom is 0.257 e. The molecule has 0 atom stereocenters. The third kappa shape index (κ3) is 3.17. The van der Waals surface area contributed by atoms with Gasteiger partial charge in [0.05, 0.1) is 25.5 Å². The second-order valence-electron chi connectivity index (χ2n) is 7.02. The summed E-state index contributed by atoms with van der Waals surface area (Å²) in [7, 11) is 5.09. The van der Waals surface area contributed by atoms with Gasteiger partial charge in [-0.2, -0.15) is 5.10 Å². The molecule has 0 aliphatic carbocycles. The molecule has 146 valence electrons. The van der Waals surface area contributed by atoms with E-state index in [0.29, 0.717) is 36.1 Å². The van der Waals surface area contributed by atoms with E-state index in [1.54, 1.807) is 38.6 Å². The molecular formula is C21H24N4O3. The van der Waals surface area contributed by atoms with E-state index in [1.807, 2.05) is 22.7 Å². The lowest BCUT2D eigenvalue weighted by Crippen LogP contribution is -2.38. The van der Waals surface area contributed by atoms with E-state index in [4.69, 9.17) is 14.6 Å². The van der Waals surface area contributed by atoms with Crippen LogP contribution < -0.4 is 9.47 Å². The molecule has 3 heterocycles. The van der Waals surface area contributed by atoms with Gasteiger partial charge >= 0.3 is 0 Å². The van der Waals surface area contributed by atoms with Crippen molar-refractivity contribution in [1.29, 1.82) is 0 Å². The highest BCUT2D eigenvalue weighted by Gasteiger charge is 2.29. The van der Waals surface area contributed by atoms with Gasteiger partial charge in [0.2, 0.25) is 0 Å². The summed E-state index contributed by atoms with van der Waals surface area (Å²) in [6.45, 7) is 1.38. The summed E-state index contributed by atoms with van der Waals surface area (Å²) in [5.74, 6) is 1.52. The molecule has 7 heteroatoms.